The average molecular weight is 435 g/mol. The smallest absolute Gasteiger partial charge is 0.240 e. The molecule has 3 rings (SSSR count). The molecule has 1 atom stereocenters. The lowest BCUT2D eigenvalue weighted by Gasteiger charge is -2.23. The Hall–Kier alpha value is -3.19. The molecule has 0 aliphatic rings. The van der Waals surface area contributed by atoms with E-state index in [-0.39, 0.29) is 11.8 Å². The molecule has 1 aromatic heterocycles. The van der Waals surface area contributed by atoms with Gasteiger partial charge in [0, 0.05) is 24.2 Å². The molecule has 0 spiro atoms. The normalized spacial score (nSPS) is 12.3. The van der Waals surface area contributed by atoms with Crippen molar-refractivity contribution in [1.29, 1.82) is 0 Å². The summed E-state index contributed by atoms with van der Waals surface area (Å²) < 4.78 is 0. The number of nitrogens with two attached hydrogens (primary N) is 1. The van der Waals surface area contributed by atoms with Crippen molar-refractivity contribution in [2.24, 2.45) is 11.7 Å². The molecule has 0 bridgehead atoms. The van der Waals surface area contributed by atoms with Gasteiger partial charge in [-0.05, 0) is 43.1 Å². The van der Waals surface area contributed by atoms with Crippen LogP contribution in [0, 0.1) is 5.92 Å². The van der Waals surface area contributed by atoms with E-state index in [2.05, 4.69) is 34.6 Å². The summed E-state index contributed by atoms with van der Waals surface area (Å²) in [5.41, 5.74) is 7.60. The molecular weight excluding hydrogens is 400 g/mol. The maximum absolute atomic E-state index is 12.0. The Kier molecular flexibility index (Phi) is 8.39. The van der Waals surface area contributed by atoms with Gasteiger partial charge < -0.3 is 16.4 Å². The van der Waals surface area contributed by atoms with E-state index in [4.69, 9.17) is 15.7 Å². The van der Waals surface area contributed by atoms with Gasteiger partial charge in [-0.1, -0.05) is 51.1 Å². The molecule has 32 heavy (non-hydrogen) atoms. The van der Waals surface area contributed by atoms with E-state index < -0.39 is 6.04 Å². The Morgan fingerprint density at radius 2 is 1.75 bits per heavy atom. The molecule has 7 nitrogen and oxygen atoms in total. The zero-order valence-electron chi connectivity index (χ0n) is 19.2. The van der Waals surface area contributed by atoms with Crippen LogP contribution in [0.3, 0.4) is 0 Å². The van der Waals surface area contributed by atoms with Gasteiger partial charge in [-0.2, -0.15) is 0 Å². The van der Waals surface area contributed by atoms with Gasteiger partial charge in [0.15, 0.2) is 0 Å². The Morgan fingerprint density at radius 3 is 2.44 bits per heavy atom. The molecule has 0 saturated heterocycles. The summed E-state index contributed by atoms with van der Waals surface area (Å²) in [4.78, 5) is 23.9. The second-order valence-electron chi connectivity index (χ2n) is 8.34. The SMILES string of the molecule is CCCN(CCNc1ccccc1)Cc1nc(N[C@H](C(N)=O)C(C)C)c2ccccc2n1. The van der Waals surface area contributed by atoms with E-state index in [0.29, 0.717) is 12.4 Å². The van der Waals surface area contributed by atoms with Gasteiger partial charge >= 0.3 is 0 Å². The molecule has 0 aliphatic heterocycles. The molecule has 0 aliphatic carbocycles. The van der Waals surface area contributed by atoms with Crippen LogP contribution in [0.5, 0.6) is 0 Å². The van der Waals surface area contributed by atoms with E-state index in [9.17, 15) is 4.79 Å². The highest BCUT2D eigenvalue weighted by Gasteiger charge is 2.21. The second-order valence-corrected chi connectivity index (χ2v) is 8.34. The maximum atomic E-state index is 12.0. The highest BCUT2D eigenvalue weighted by Crippen LogP contribution is 2.22. The predicted molar refractivity (Wildman–Crippen MR) is 131 cm³/mol. The summed E-state index contributed by atoms with van der Waals surface area (Å²) in [5.74, 6) is 1.04. The van der Waals surface area contributed by atoms with Crippen molar-refractivity contribution in [3.8, 4) is 0 Å². The number of aromatic nitrogens is 2. The summed E-state index contributed by atoms with van der Waals surface area (Å²) in [6.07, 6.45) is 1.04. The number of nitrogens with zero attached hydrogens (tertiary/aromatic N) is 3. The topological polar surface area (TPSA) is 96.2 Å². The number of carbonyl (C=O) groups is 1. The molecule has 3 aromatic rings. The molecule has 7 heteroatoms. The number of hydrogen-bond acceptors (Lipinski definition) is 6. The average Bonchev–Trinajstić information content (AvgIpc) is 2.77. The molecular formula is C25H34N6O. The number of hydrogen-bond donors (Lipinski definition) is 3. The lowest BCUT2D eigenvalue weighted by molar-refractivity contribution is -0.119. The molecule has 1 heterocycles. The van der Waals surface area contributed by atoms with Gasteiger partial charge in [0.05, 0.1) is 12.1 Å². The first-order chi connectivity index (χ1) is 15.5. The lowest BCUT2D eigenvalue weighted by Crippen LogP contribution is -2.40. The van der Waals surface area contributed by atoms with Crippen LogP contribution in [0.4, 0.5) is 11.5 Å². The summed E-state index contributed by atoms with van der Waals surface area (Å²) in [6.45, 7) is 9.40. The third-order valence-electron chi connectivity index (χ3n) is 5.35. The van der Waals surface area contributed by atoms with Gasteiger partial charge in [0.25, 0.3) is 0 Å². The van der Waals surface area contributed by atoms with Crippen LogP contribution in [0.1, 0.15) is 33.0 Å². The fraction of sp³-hybridized carbons (Fsp3) is 0.400. The Bertz CT molecular complexity index is 1010. The first-order valence-corrected chi connectivity index (χ1v) is 11.3. The summed E-state index contributed by atoms with van der Waals surface area (Å²) in [7, 11) is 0. The number of primary amides is 1. The van der Waals surface area contributed by atoms with Gasteiger partial charge in [0.2, 0.25) is 5.91 Å². The largest absolute Gasteiger partial charge is 0.384 e. The third kappa shape index (κ3) is 6.40. The molecule has 170 valence electrons. The van der Waals surface area contributed by atoms with Gasteiger partial charge in [0.1, 0.15) is 17.7 Å². The second kappa shape index (κ2) is 11.4. The van der Waals surface area contributed by atoms with Crippen molar-refractivity contribution in [2.75, 3.05) is 30.3 Å². The van der Waals surface area contributed by atoms with Gasteiger partial charge in [-0.15, -0.1) is 0 Å². The molecule has 0 radical (unpaired) electrons. The zero-order chi connectivity index (χ0) is 22.9. The molecule has 4 N–H and O–H groups in total. The summed E-state index contributed by atoms with van der Waals surface area (Å²) in [5, 5.41) is 7.62. The minimum absolute atomic E-state index is 0.0466. The molecule has 1 amide bonds. The molecule has 0 unspecified atom stereocenters. The number of carbonyl (C=O) groups excluding carboxylic acids is 1. The van der Waals surface area contributed by atoms with E-state index >= 15 is 0 Å². The first kappa shape index (κ1) is 23.5. The number of anilines is 2. The van der Waals surface area contributed by atoms with Crippen LogP contribution in [0.15, 0.2) is 54.6 Å². The third-order valence-corrected chi connectivity index (χ3v) is 5.35. The zero-order valence-corrected chi connectivity index (χ0v) is 19.2. The Labute approximate surface area is 190 Å². The number of rotatable bonds is 12. The standard InChI is InChI=1S/C25H34N6O/c1-4-15-31(16-14-27-19-10-6-5-7-11-19)17-22-28-21-13-9-8-12-20(21)25(29-22)30-23(18(2)3)24(26)32/h5-13,18,23,27H,4,14-17H2,1-3H3,(H2,26,32)(H,28,29,30)/t23-/m0/s1. The van der Waals surface area contributed by atoms with Gasteiger partial charge in [-0.3, -0.25) is 9.69 Å². The van der Waals surface area contributed by atoms with Crippen molar-refractivity contribution >= 4 is 28.3 Å². The minimum Gasteiger partial charge on any atom is -0.384 e. The van der Waals surface area contributed by atoms with Crippen LogP contribution < -0.4 is 16.4 Å². The van der Waals surface area contributed by atoms with Crippen LogP contribution in [0.2, 0.25) is 0 Å². The van der Waals surface area contributed by atoms with Crippen molar-refractivity contribution in [1.82, 2.24) is 14.9 Å². The van der Waals surface area contributed by atoms with Crippen molar-refractivity contribution in [3.05, 3.63) is 60.4 Å². The number of nitrogens with one attached hydrogen (secondary N) is 2. The molecule has 2 aromatic carbocycles. The molecule has 0 fully saturated rings. The quantitative estimate of drug-likeness (QED) is 0.400. The Morgan fingerprint density at radius 1 is 1.03 bits per heavy atom. The summed E-state index contributed by atoms with van der Waals surface area (Å²) in [6, 6.07) is 17.6. The van der Waals surface area contributed by atoms with Crippen molar-refractivity contribution in [2.45, 2.75) is 39.8 Å². The van der Waals surface area contributed by atoms with E-state index in [1.807, 2.05) is 56.3 Å². The lowest BCUT2D eigenvalue weighted by atomic mass is 10.0. The van der Waals surface area contributed by atoms with Crippen molar-refractivity contribution in [3.63, 3.8) is 0 Å². The molecule has 0 saturated carbocycles. The number of para-hydroxylation sites is 2. The minimum atomic E-state index is -0.497. The predicted octanol–water partition coefficient (Wildman–Crippen LogP) is 3.88. The summed E-state index contributed by atoms with van der Waals surface area (Å²) >= 11 is 0. The first-order valence-electron chi connectivity index (χ1n) is 11.3. The number of benzene rings is 2. The van der Waals surface area contributed by atoms with Crippen LogP contribution in [-0.2, 0) is 11.3 Å². The number of fused-ring (bicyclic) bond motifs is 1. The Balaban J connectivity index is 1.78. The maximum Gasteiger partial charge on any atom is 0.240 e. The fourth-order valence-electron chi connectivity index (χ4n) is 3.72. The highest BCUT2D eigenvalue weighted by molar-refractivity contribution is 5.91. The van der Waals surface area contributed by atoms with Crippen molar-refractivity contribution < 1.29 is 4.79 Å². The number of amides is 1. The van der Waals surface area contributed by atoms with Crippen LogP contribution >= 0.6 is 0 Å². The van der Waals surface area contributed by atoms with Crippen LogP contribution in [0.25, 0.3) is 10.9 Å². The van der Waals surface area contributed by atoms with E-state index in [0.717, 1.165) is 48.5 Å². The monoisotopic (exact) mass is 434 g/mol. The van der Waals surface area contributed by atoms with Gasteiger partial charge in [-0.25, -0.2) is 9.97 Å². The highest BCUT2D eigenvalue weighted by atomic mass is 16.1. The fourth-order valence-corrected chi connectivity index (χ4v) is 3.72. The van der Waals surface area contributed by atoms with Crippen LogP contribution in [-0.4, -0.2) is 46.5 Å². The van der Waals surface area contributed by atoms with E-state index in [1.54, 1.807) is 0 Å². The van der Waals surface area contributed by atoms with E-state index in [1.165, 1.54) is 0 Å².